The summed E-state index contributed by atoms with van der Waals surface area (Å²) in [6, 6.07) is 10.2. The van der Waals surface area contributed by atoms with E-state index in [2.05, 4.69) is 30.3 Å². The molecule has 14 heteroatoms. The number of nitrogens with one attached hydrogen (secondary N) is 3. The summed E-state index contributed by atoms with van der Waals surface area (Å²) in [6.45, 7) is 0. The van der Waals surface area contributed by atoms with Crippen molar-refractivity contribution in [3.05, 3.63) is 48.8 Å². The second-order valence-corrected chi connectivity index (χ2v) is 12.5. The number of anilines is 3. The first-order valence-corrected chi connectivity index (χ1v) is 14.8. The van der Waals surface area contributed by atoms with Crippen molar-refractivity contribution >= 4 is 55.1 Å². The van der Waals surface area contributed by atoms with Crippen molar-refractivity contribution in [3.63, 3.8) is 0 Å². The van der Waals surface area contributed by atoms with Crippen LogP contribution in [0, 0.1) is 11.8 Å². The van der Waals surface area contributed by atoms with Gasteiger partial charge in [-0.25, -0.2) is 22.2 Å². The number of carbonyl (C=O) groups is 1. The molecule has 12 nitrogen and oxygen atoms in total. The first-order valence-electron chi connectivity index (χ1n) is 12.6. The Hall–Kier alpha value is -3.91. The minimum absolute atomic E-state index is 0.0886. The number of aromatic nitrogens is 4. The van der Waals surface area contributed by atoms with Gasteiger partial charge in [-0.1, -0.05) is 18.2 Å². The number of pyridine rings is 1. The average molecular weight is 569 g/mol. The molecule has 3 heterocycles. The Kier molecular flexibility index (Phi) is 6.51. The van der Waals surface area contributed by atoms with Gasteiger partial charge >= 0.3 is 12.0 Å². The van der Waals surface area contributed by atoms with Crippen molar-refractivity contribution in [2.75, 3.05) is 23.5 Å². The molecule has 1 unspecified atom stereocenters. The van der Waals surface area contributed by atoms with Crippen LogP contribution in [0.1, 0.15) is 25.7 Å². The van der Waals surface area contributed by atoms with Crippen LogP contribution in [-0.2, 0) is 10.0 Å². The maximum absolute atomic E-state index is 13.2. The number of amides is 2. The summed E-state index contributed by atoms with van der Waals surface area (Å²) in [5.41, 5.74) is 7.81. The molecule has 0 saturated heterocycles. The van der Waals surface area contributed by atoms with Gasteiger partial charge in [0.25, 0.3) is 10.0 Å². The molecule has 0 radical (unpaired) electrons. The number of fused-ring (bicyclic) bond motifs is 2. The highest BCUT2D eigenvalue weighted by molar-refractivity contribution is 7.90. The lowest BCUT2D eigenvalue weighted by atomic mass is 10.0. The normalized spacial score (nSPS) is 22.5. The number of ether oxygens (including phenoxy) is 1. The molecule has 4 aromatic rings. The van der Waals surface area contributed by atoms with E-state index in [-0.39, 0.29) is 29.0 Å². The second kappa shape index (κ2) is 10.0. The summed E-state index contributed by atoms with van der Waals surface area (Å²) in [5, 5.41) is 10.4. The predicted molar refractivity (Wildman–Crippen MR) is 148 cm³/mol. The number of urea groups is 1. The van der Waals surface area contributed by atoms with E-state index in [1.165, 1.54) is 23.5 Å². The molecular formula is C25H28N8O4S2. The van der Waals surface area contributed by atoms with E-state index in [1.807, 2.05) is 0 Å². The Labute approximate surface area is 229 Å². The molecule has 204 valence electrons. The quantitative estimate of drug-likeness (QED) is 0.261. The fourth-order valence-electron chi connectivity index (χ4n) is 5.86. The number of benzene rings is 1. The lowest BCUT2D eigenvalue weighted by Crippen LogP contribution is -2.37. The zero-order chi connectivity index (χ0) is 27.1. The summed E-state index contributed by atoms with van der Waals surface area (Å²) < 4.78 is 36.6. The molecule has 2 saturated carbocycles. The standard InChI is InChI=1S/C25H28N8O4S2/c1-37-24-31-25(38-32-24)30-23(34)29-17-11-14-9-16(10-15(14)12-17)28-21-19-7-8-33(22(19)27-13-20(21)26)39(35,36)18-5-3-2-4-6-18/h2-8,13-17H,9-12,26H2,1H3,(H,27,28)(H2,29,30,31,32,34)/t14-,15+,16?,17+. The second-order valence-electron chi connectivity index (χ2n) is 9.94. The van der Waals surface area contributed by atoms with E-state index < -0.39 is 10.0 Å². The molecule has 0 spiro atoms. The van der Waals surface area contributed by atoms with Gasteiger partial charge in [0.2, 0.25) is 5.13 Å². The van der Waals surface area contributed by atoms with E-state index >= 15 is 0 Å². The van der Waals surface area contributed by atoms with E-state index in [0.29, 0.717) is 39.4 Å². The van der Waals surface area contributed by atoms with E-state index in [1.54, 1.807) is 36.4 Å². The third-order valence-corrected chi connectivity index (χ3v) is 9.81. The minimum Gasteiger partial charge on any atom is -0.466 e. The number of hydrogen-bond donors (Lipinski definition) is 4. The summed E-state index contributed by atoms with van der Waals surface area (Å²) in [6.07, 6.45) is 6.68. The van der Waals surface area contributed by atoms with Gasteiger partial charge in [0.15, 0.2) is 5.65 Å². The number of carbonyl (C=O) groups excluding carboxylic acids is 1. The summed E-state index contributed by atoms with van der Waals surface area (Å²) in [7, 11) is -2.32. The van der Waals surface area contributed by atoms with Crippen molar-refractivity contribution in [1.29, 1.82) is 0 Å². The Morgan fingerprint density at radius 1 is 1.10 bits per heavy atom. The molecule has 1 aromatic carbocycles. The Morgan fingerprint density at radius 2 is 1.82 bits per heavy atom. The van der Waals surface area contributed by atoms with Crippen molar-refractivity contribution in [3.8, 4) is 6.01 Å². The number of hydrogen-bond acceptors (Lipinski definition) is 10. The first-order chi connectivity index (χ1) is 18.8. The lowest BCUT2D eigenvalue weighted by molar-refractivity contribution is 0.248. The van der Waals surface area contributed by atoms with Crippen LogP contribution in [0.4, 0.5) is 21.3 Å². The zero-order valence-corrected chi connectivity index (χ0v) is 22.7. The molecule has 0 bridgehead atoms. The number of nitrogens with two attached hydrogens (primary N) is 1. The van der Waals surface area contributed by atoms with E-state index in [4.69, 9.17) is 10.5 Å². The zero-order valence-electron chi connectivity index (χ0n) is 21.1. The van der Waals surface area contributed by atoms with Crippen molar-refractivity contribution in [1.82, 2.24) is 23.6 Å². The van der Waals surface area contributed by atoms with Crippen LogP contribution in [0.2, 0.25) is 0 Å². The molecule has 0 aliphatic heterocycles. The fourth-order valence-corrected chi connectivity index (χ4v) is 7.72. The molecule has 2 aliphatic carbocycles. The van der Waals surface area contributed by atoms with Gasteiger partial charge < -0.3 is 21.1 Å². The maximum Gasteiger partial charge on any atom is 0.329 e. The van der Waals surface area contributed by atoms with E-state index in [0.717, 1.165) is 37.2 Å². The van der Waals surface area contributed by atoms with Gasteiger partial charge in [-0.15, -0.1) is 4.37 Å². The third-order valence-electron chi connectivity index (χ3n) is 7.52. The summed E-state index contributed by atoms with van der Waals surface area (Å²) in [5.74, 6) is 0.937. The van der Waals surface area contributed by atoms with Crippen molar-refractivity contribution < 1.29 is 17.9 Å². The first kappa shape index (κ1) is 25.4. The topological polar surface area (TPSA) is 166 Å². The summed E-state index contributed by atoms with van der Waals surface area (Å²) in [4.78, 5) is 21.0. The number of nitrogens with zero attached hydrogens (tertiary/aromatic N) is 4. The fraction of sp³-hybridized carbons (Fsp3) is 0.360. The lowest BCUT2D eigenvalue weighted by Gasteiger charge is -2.20. The molecule has 3 aromatic heterocycles. The van der Waals surface area contributed by atoms with Crippen LogP contribution >= 0.6 is 11.5 Å². The van der Waals surface area contributed by atoms with Gasteiger partial charge in [-0.05, 0) is 55.7 Å². The van der Waals surface area contributed by atoms with Crippen LogP contribution in [0.25, 0.3) is 11.0 Å². The van der Waals surface area contributed by atoms with Crippen molar-refractivity contribution in [2.45, 2.75) is 42.7 Å². The highest BCUT2D eigenvalue weighted by atomic mass is 32.2. The van der Waals surface area contributed by atoms with Gasteiger partial charge in [-0.3, -0.25) is 5.32 Å². The van der Waals surface area contributed by atoms with Crippen molar-refractivity contribution in [2.24, 2.45) is 11.8 Å². The molecule has 2 aliphatic rings. The predicted octanol–water partition coefficient (Wildman–Crippen LogP) is 3.51. The SMILES string of the molecule is COc1nsc(NC(=O)N[C@H]2C[C@H]3CC(Nc4c(N)cnc5c4ccn5S(=O)(=O)c4ccccc4)C[C@H]3C2)n1. The Morgan fingerprint density at radius 3 is 2.51 bits per heavy atom. The number of rotatable bonds is 7. The molecule has 6 rings (SSSR count). The number of nitrogen functional groups attached to an aromatic ring is 1. The highest BCUT2D eigenvalue weighted by Gasteiger charge is 2.42. The highest BCUT2D eigenvalue weighted by Crippen LogP contribution is 2.46. The molecule has 2 amide bonds. The maximum atomic E-state index is 13.2. The average Bonchev–Trinajstić information content (AvgIpc) is 3.70. The van der Waals surface area contributed by atoms with Crippen LogP contribution in [0.3, 0.4) is 0 Å². The van der Waals surface area contributed by atoms with Gasteiger partial charge in [-0.2, -0.15) is 4.98 Å². The smallest absolute Gasteiger partial charge is 0.329 e. The van der Waals surface area contributed by atoms with Crippen LogP contribution in [-0.4, -0.2) is 52.0 Å². The third kappa shape index (κ3) is 4.85. The Balaban J connectivity index is 1.11. The van der Waals surface area contributed by atoms with Crippen LogP contribution in [0.5, 0.6) is 6.01 Å². The molecule has 39 heavy (non-hydrogen) atoms. The van der Waals surface area contributed by atoms with Crippen LogP contribution in [0.15, 0.2) is 53.7 Å². The van der Waals surface area contributed by atoms with Crippen LogP contribution < -0.4 is 26.4 Å². The monoisotopic (exact) mass is 568 g/mol. The minimum atomic E-state index is -3.79. The number of methoxy groups -OCH3 is 1. The molecular weight excluding hydrogens is 540 g/mol. The molecule has 4 atom stereocenters. The van der Waals surface area contributed by atoms with Gasteiger partial charge in [0.1, 0.15) is 0 Å². The summed E-state index contributed by atoms with van der Waals surface area (Å²) >= 11 is 1.07. The largest absolute Gasteiger partial charge is 0.466 e. The Bertz CT molecular complexity index is 1610. The molecule has 2 fully saturated rings. The van der Waals surface area contributed by atoms with E-state index in [9.17, 15) is 13.2 Å². The van der Waals surface area contributed by atoms with Gasteiger partial charge in [0.05, 0.1) is 29.6 Å². The van der Waals surface area contributed by atoms with Gasteiger partial charge in [0, 0.05) is 35.2 Å². The molecule has 5 N–H and O–H groups in total.